The first kappa shape index (κ1) is 12.7. The molecule has 17 heavy (non-hydrogen) atoms. The summed E-state index contributed by atoms with van der Waals surface area (Å²) in [5.74, 6) is 0.0323. The first-order valence-corrected chi connectivity index (χ1v) is 6.63. The third-order valence-corrected chi connectivity index (χ3v) is 5.06. The summed E-state index contributed by atoms with van der Waals surface area (Å²) in [6, 6.07) is 0. The fourth-order valence-corrected chi connectivity index (χ4v) is 4.23. The van der Waals surface area contributed by atoms with Crippen molar-refractivity contribution in [2.24, 2.45) is 17.3 Å². The Morgan fingerprint density at radius 3 is 2.71 bits per heavy atom. The molecule has 0 spiro atoms. The summed E-state index contributed by atoms with van der Waals surface area (Å²) in [7, 11) is 0. The minimum absolute atomic E-state index is 0.0457. The Morgan fingerprint density at radius 1 is 1.53 bits per heavy atom. The Labute approximate surface area is 103 Å². The molecule has 2 rings (SSSR count). The van der Waals surface area contributed by atoms with Crippen molar-refractivity contribution in [2.75, 3.05) is 0 Å². The molecule has 0 heterocycles. The van der Waals surface area contributed by atoms with Crippen LogP contribution in [0.1, 0.15) is 52.9 Å². The zero-order valence-electron chi connectivity index (χ0n) is 11.0. The molecule has 2 aliphatic carbocycles. The third kappa shape index (κ3) is 1.51. The SMILES string of the molecule is CCC[C@@H]1C[C@]2(C)C(=O)CC[C@]2(O)C1C(C)=O. The number of rotatable bonds is 3. The van der Waals surface area contributed by atoms with E-state index in [-0.39, 0.29) is 23.4 Å². The second-order valence-corrected chi connectivity index (χ2v) is 6.02. The molecular formula is C14H22O3. The van der Waals surface area contributed by atoms with Gasteiger partial charge in [-0.2, -0.15) is 0 Å². The lowest BCUT2D eigenvalue weighted by molar-refractivity contribution is -0.140. The molecule has 2 saturated carbocycles. The molecule has 1 N–H and O–H groups in total. The summed E-state index contributed by atoms with van der Waals surface area (Å²) in [5.41, 5.74) is -1.75. The number of ketones is 2. The van der Waals surface area contributed by atoms with Crippen molar-refractivity contribution in [3.8, 4) is 0 Å². The molecule has 3 heteroatoms. The number of Topliss-reactive ketones (excluding diaryl/α,β-unsaturated/α-hetero) is 2. The van der Waals surface area contributed by atoms with Gasteiger partial charge in [0, 0.05) is 12.3 Å². The number of hydrogen-bond acceptors (Lipinski definition) is 3. The largest absolute Gasteiger partial charge is 0.388 e. The highest BCUT2D eigenvalue weighted by Gasteiger charge is 2.67. The molecule has 0 saturated heterocycles. The lowest BCUT2D eigenvalue weighted by atomic mass is 9.74. The summed E-state index contributed by atoms with van der Waals surface area (Å²) in [6.07, 6.45) is 3.49. The molecule has 2 fully saturated rings. The normalized spacial score (nSPS) is 45.1. The molecule has 96 valence electrons. The molecule has 0 aromatic rings. The van der Waals surface area contributed by atoms with Crippen LogP contribution in [-0.4, -0.2) is 22.3 Å². The maximum Gasteiger partial charge on any atom is 0.141 e. The molecule has 0 aliphatic heterocycles. The van der Waals surface area contributed by atoms with Crippen LogP contribution in [0.4, 0.5) is 0 Å². The maximum absolute atomic E-state index is 12.0. The minimum atomic E-state index is -1.07. The summed E-state index contributed by atoms with van der Waals surface area (Å²) in [4.78, 5) is 23.9. The van der Waals surface area contributed by atoms with E-state index in [9.17, 15) is 14.7 Å². The predicted molar refractivity (Wildman–Crippen MR) is 64.5 cm³/mol. The Hall–Kier alpha value is -0.700. The molecule has 2 aliphatic rings. The van der Waals surface area contributed by atoms with E-state index < -0.39 is 11.0 Å². The molecular weight excluding hydrogens is 216 g/mol. The van der Waals surface area contributed by atoms with Crippen LogP contribution in [0.2, 0.25) is 0 Å². The zero-order chi connectivity index (χ0) is 12.8. The fourth-order valence-electron chi connectivity index (χ4n) is 4.23. The van der Waals surface area contributed by atoms with Gasteiger partial charge in [0.05, 0.1) is 11.0 Å². The predicted octanol–water partition coefficient (Wildman–Crippen LogP) is 2.11. The molecule has 0 radical (unpaired) electrons. The van der Waals surface area contributed by atoms with Gasteiger partial charge in [-0.3, -0.25) is 9.59 Å². The second-order valence-electron chi connectivity index (χ2n) is 6.02. The van der Waals surface area contributed by atoms with Crippen LogP contribution < -0.4 is 0 Å². The number of hydrogen-bond donors (Lipinski definition) is 1. The van der Waals surface area contributed by atoms with Gasteiger partial charge in [0.2, 0.25) is 0 Å². The standard InChI is InChI=1S/C14H22O3/c1-4-5-10-8-13(3)11(16)6-7-14(13,17)12(10)9(2)15/h10,12,17H,4-8H2,1-3H3/t10-,12?,13-,14+/m1/s1. The number of aliphatic hydroxyl groups is 1. The molecule has 0 amide bonds. The lowest BCUT2D eigenvalue weighted by Gasteiger charge is -2.35. The van der Waals surface area contributed by atoms with E-state index in [0.717, 1.165) is 12.8 Å². The van der Waals surface area contributed by atoms with E-state index in [1.807, 2.05) is 6.92 Å². The molecule has 3 nitrogen and oxygen atoms in total. The van der Waals surface area contributed by atoms with Crippen LogP contribution in [0, 0.1) is 17.3 Å². The average molecular weight is 238 g/mol. The van der Waals surface area contributed by atoms with Crippen molar-refractivity contribution < 1.29 is 14.7 Å². The molecule has 0 bridgehead atoms. The smallest absolute Gasteiger partial charge is 0.141 e. The van der Waals surface area contributed by atoms with Gasteiger partial charge in [-0.1, -0.05) is 13.3 Å². The van der Waals surface area contributed by atoms with Crippen molar-refractivity contribution in [1.82, 2.24) is 0 Å². The zero-order valence-corrected chi connectivity index (χ0v) is 11.0. The first-order valence-electron chi connectivity index (χ1n) is 6.63. The summed E-state index contributed by atoms with van der Waals surface area (Å²) >= 11 is 0. The highest BCUT2D eigenvalue weighted by molar-refractivity contribution is 5.92. The third-order valence-electron chi connectivity index (χ3n) is 5.06. The molecule has 4 atom stereocenters. The van der Waals surface area contributed by atoms with Crippen molar-refractivity contribution in [2.45, 2.75) is 58.5 Å². The van der Waals surface area contributed by atoms with Crippen LogP contribution in [0.25, 0.3) is 0 Å². The molecule has 0 aromatic heterocycles. The van der Waals surface area contributed by atoms with Gasteiger partial charge in [0.25, 0.3) is 0 Å². The minimum Gasteiger partial charge on any atom is -0.388 e. The quantitative estimate of drug-likeness (QED) is 0.819. The molecule has 1 unspecified atom stereocenters. The highest BCUT2D eigenvalue weighted by atomic mass is 16.3. The van der Waals surface area contributed by atoms with Crippen LogP contribution in [-0.2, 0) is 9.59 Å². The van der Waals surface area contributed by atoms with Gasteiger partial charge >= 0.3 is 0 Å². The van der Waals surface area contributed by atoms with Gasteiger partial charge in [-0.05, 0) is 39.0 Å². The maximum atomic E-state index is 12.0. The number of carbonyl (C=O) groups excluding carboxylic acids is 2. The van der Waals surface area contributed by atoms with Crippen molar-refractivity contribution >= 4 is 11.6 Å². The van der Waals surface area contributed by atoms with Gasteiger partial charge in [-0.15, -0.1) is 0 Å². The van der Waals surface area contributed by atoms with Crippen LogP contribution >= 0.6 is 0 Å². The van der Waals surface area contributed by atoms with E-state index in [2.05, 4.69) is 6.92 Å². The van der Waals surface area contributed by atoms with E-state index in [1.165, 1.54) is 0 Å². The fraction of sp³-hybridized carbons (Fsp3) is 0.857. The monoisotopic (exact) mass is 238 g/mol. The van der Waals surface area contributed by atoms with Gasteiger partial charge in [0.15, 0.2) is 0 Å². The Morgan fingerprint density at radius 2 is 2.18 bits per heavy atom. The van der Waals surface area contributed by atoms with Crippen LogP contribution in [0.5, 0.6) is 0 Å². The molecule has 0 aromatic carbocycles. The van der Waals surface area contributed by atoms with Gasteiger partial charge < -0.3 is 5.11 Å². The first-order chi connectivity index (χ1) is 7.87. The summed E-state index contributed by atoms with van der Waals surface area (Å²) in [6.45, 7) is 5.49. The van der Waals surface area contributed by atoms with Crippen molar-refractivity contribution in [3.63, 3.8) is 0 Å². The lowest BCUT2D eigenvalue weighted by Crippen LogP contribution is -2.47. The highest BCUT2D eigenvalue weighted by Crippen LogP contribution is 2.60. The summed E-state index contributed by atoms with van der Waals surface area (Å²) < 4.78 is 0. The topological polar surface area (TPSA) is 54.4 Å². The van der Waals surface area contributed by atoms with Crippen LogP contribution in [0.3, 0.4) is 0 Å². The summed E-state index contributed by atoms with van der Waals surface area (Å²) in [5, 5.41) is 10.8. The van der Waals surface area contributed by atoms with E-state index >= 15 is 0 Å². The number of fused-ring (bicyclic) bond motifs is 1. The van der Waals surface area contributed by atoms with Gasteiger partial charge in [0.1, 0.15) is 11.6 Å². The van der Waals surface area contributed by atoms with E-state index in [1.54, 1.807) is 6.92 Å². The van der Waals surface area contributed by atoms with Gasteiger partial charge in [-0.25, -0.2) is 0 Å². The Kier molecular flexibility index (Phi) is 2.93. The Balaban J connectivity index is 2.41. The van der Waals surface area contributed by atoms with E-state index in [0.29, 0.717) is 19.3 Å². The van der Waals surface area contributed by atoms with Crippen molar-refractivity contribution in [1.29, 1.82) is 0 Å². The average Bonchev–Trinajstić information content (AvgIpc) is 2.57. The van der Waals surface area contributed by atoms with Crippen molar-refractivity contribution in [3.05, 3.63) is 0 Å². The number of carbonyl (C=O) groups is 2. The second kappa shape index (κ2) is 3.91. The van der Waals surface area contributed by atoms with E-state index in [4.69, 9.17) is 0 Å². The van der Waals surface area contributed by atoms with Crippen LogP contribution in [0.15, 0.2) is 0 Å². The Bertz CT molecular complexity index is 362.